The molecule has 0 aliphatic carbocycles. The number of nitrogens with two attached hydrogens (primary N) is 1. The molecule has 5 nitrogen and oxygen atoms in total. The Labute approximate surface area is 154 Å². The van der Waals surface area contributed by atoms with Crippen molar-refractivity contribution in [2.45, 2.75) is 25.9 Å². The number of esters is 1. The number of benzene rings is 2. The Kier molecular flexibility index (Phi) is 6.50. The SMILES string of the molecule is Nc1ccc(C(=O)OCc2ccccc2)cc1OCCN1CCCCC1. The maximum absolute atomic E-state index is 12.3. The molecule has 2 aromatic carbocycles. The summed E-state index contributed by atoms with van der Waals surface area (Å²) in [6.07, 6.45) is 3.83. The van der Waals surface area contributed by atoms with E-state index < -0.39 is 0 Å². The highest BCUT2D eigenvalue weighted by Gasteiger charge is 2.13. The van der Waals surface area contributed by atoms with Gasteiger partial charge in [0.25, 0.3) is 0 Å². The molecule has 0 radical (unpaired) electrons. The molecule has 1 aliphatic rings. The highest BCUT2D eigenvalue weighted by molar-refractivity contribution is 5.90. The third-order valence-corrected chi connectivity index (χ3v) is 4.58. The number of carbonyl (C=O) groups excluding carboxylic acids is 1. The molecule has 0 atom stereocenters. The molecule has 0 bridgehead atoms. The molecule has 1 aliphatic heterocycles. The van der Waals surface area contributed by atoms with Crippen LogP contribution < -0.4 is 10.5 Å². The van der Waals surface area contributed by atoms with Crippen molar-refractivity contribution in [3.05, 3.63) is 59.7 Å². The lowest BCUT2D eigenvalue weighted by Gasteiger charge is -2.26. The summed E-state index contributed by atoms with van der Waals surface area (Å²) in [5, 5.41) is 0. The maximum atomic E-state index is 12.3. The summed E-state index contributed by atoms with van der Waals surface area (Å²) in [5.74, 6) is 0.158. The van der Waals surface area contributed by atoms with Crippen molar-refractivity contribution < 1.29 is 14.3 Å². The van der Waals surface area contributed by atoms with E-state index in [0.29, 0.717) is 23.6 Å². The molecule has 2 N–H and O–H groups in total. The van der Waals surface area contributed by atoms with Gasteiger partial charge in [-0.25, -0.2) is 4.79 Å². The average molecular weight is 354 g/mol. The van der Waals surface area contributed by atoms with Crippen molar-refractivity contribution in [1.29, 1.82) is 0 Å². The lowest BCUT2D eigenvalue weighted by atomic mass is 10.1. The van der Waals surface area contributed by atoms with Gasteiger partial charge in [-0.05, 0) is 49.7 Å². The van der Waals surface area contributed by atoms with E-state index in [1.807, 2.05) is 30.3 Å². The van der Waals surface area contributed by atoms with Crippen molar-refractivity contribution >= 4 is 11.7 Å². The third kappa shape index (κ3) is 5.23. The molecule has 0 unspecified atom stereocenters. The first kappa shape index (κ1) is 18.3. The van der Waals surface area contributed by atoms with Crippen molar-refractivity contribution in [2.75, 3.05) is 32.0 Å². The molecule has 0 aromatic heterocycles. The predicted molar refractivity (Wildman–Crippen MR) is 102 cm³/mol. The molecule has 5 heteroatoms. The molecule has 0 spiro atoms. The van der Waals surface area contributed by atoms with Crippen LogP contribution in [0.25, 0.3) is 0 Å². The first-order valence-electron chi connectivity index (χ1n) is 9.18. The van der Waals surface area contributed by atoms with Crippen LogP contribution in [-0.4, -0.2) is 37.1 Å². The van der Waals surface area contributed by atoms with Gasteiger partial charge in [0.15, 0.2) is 0 Å². The molecule has 3 rings (SSSR count). The van der Waals surface area contributed by atoms with Crippen LogP contribution in [0.4, 0.5) is 5.69 Å². The van der Waals surface area contributed by atoms with Gasteiger partial charge in [-0.1, -0.05) is 36.8 Å². The Morgan fingerprint density at radius 1 is 1.04 bits per heavy atom. The summed E-state index contributed by atoms with van der Waals surface area (Å²) < 4.78 is 11.2. The topological polar surface area (TPSA) is 64.8 Å². The van der Waals surface area contributed by atoms with Crippen LogP contribution >= 0.6 is 0 Å². The van der Waals surface area contributed by atoms with E-state index in [4.69, 9.17) is 15.2 Å². The standard InChI is InChI=1S/C21H26N2O3/c22-19-10-9-18(21(24)26-16-17-7-3-1-4-8-17)15-20(19)25-14-13-23-11-5-2-6-12-23/h1,3-4,7-10,15H,2,5-6,11-14,16,22H2. The van der Waals surface area contributed by atoms with Crippen LogP contribution in [0.15, 0.2) is 48.5 Å². The highest BCUT2D eigenvalue weighted by Crippen LogP contribution is 2.23. The minimum Gasteiger partial charge on any atom is -0.490 e. The normalized spacial score (nSPS) is 14.8. The molecule has 1 fully saturated rings. The minimum atomic E-state index is -0.380. The molecule has 26 heavy (non-hydrogen) atoms. The number of anilines is 1. The Bertz CT molecular complexity index is 712. The summed E-state index contributed by atoms with van der Waals surface area (Å²) in [6, 6.07) is 14.6. The monoisotopic (exact) mass is 354 g/mol. The summed E-state index contributed by atoms with van der Waals surface area (Å²) in [5.41, 5.74) is 7.91. The lowest BCUT2D eigenvalue weighted by molar-refractivity contribution is 0.0472. The number of likely N-dealkylation sites (tertiary alicyclic amines) is 1. The number of piperidine rings is 1. The molecular weight excluding hydrogens is 328 g/mol. The van der Waals surface area contributed by atoms with Crippen LogP contribution in [0.2, 0.25) is 0 Å². The van der Waals surface area contributed by atoms with Gasteiger partial charge < -0.3 is 15.2 Å². The fourth-order valence-corrected chi connectivity index (χ4v) is 3.06. The quantitative estimate of drug-likeness (QED) is 0.609. The van der Waals surface area contributed by atoms with Crippen LogP contribution in [0.3, 0.4) is 0 Å². The molecule has 1 heterocycles. The van der Waals surface area contributed by atoms with Gasteiger partial charge in [0.05, 0.1) is 11.3 Å². The van der Waals surface area contributed by atoms with E-state index in [-0.39, 0.29) is 12.6 Å². The molecular formula is C21H26N2O3. The lowest BCUT2D eigenvalue weighted by Crippen LogP contribution is -2.33. The van der Waals surface area contributed by atoms with E-state index >= 15 is 0 Å². The number of hydrogen-bond acceptors (Lipinski definition) is 5. The second-order valence-corrected chi connectivity index (χ2v) is 6.57. The van der Waals surface area contributed by atoms with Gasteiger partial charge in [-0.3, -0.25) is 4.90 Å². The van der Waals surface area contributed by atoms with Gasteiger partial charge in [-0.2, -0.15) is 0 Å². The van der Waals surface area contributed by atoms with Gasteiger partial charge in [0.1, 0.15) is 19.0 Å². The summed E-state index contributed by atoms with van der Waals surface area (Å²) >= 11 is 0. The number of nitrogen functional groups attached to an aromatic ring is 1. The van der Waals surface area contributed by atoms with Crippen LogP contribution in [0.1, 0.15) is 35.2 Å². The Hall–Kier alpha value is -2.53. The van der Waals surface area contributed by atoms with E-state index in [1.54, 1.807) is 18.2 Å². The zero-order valence-corrected chi connectivity index (χ0v) is 15.0. The van der Waals surface area contributed by atoms with E-state index in [0.717, 1.165) is 25.2 Å². The molecule has 0 amide bonds. The first-order chi connectivity index (χ1) is 12.7. The maximum Gasteiger partial charge on any atom is 0.338 e. The van der Waals surface area contributed by atoms with Gasteiger partial charge >= 0.3 is 5.97 Å². The minimum absolute atomic E-state index is 0.245. The molecule has 2 aromatic rings. The van der Waals surface area contributed by atoms with E-state index in [1.165, 1.54) is 19.3 Å². The van der Waals surface area contributed by atoms with Crippen molar-refractivity contribution in [2.24, 2.45) is 0 Å². The second kappa shape index (κ2) is 9.25. The number of carbonyl (C=O) groups is 1. The Morgan fingerprint density at radius 3 is 2.58 bits per heavy atom. The third-order valence-electron chi connectivity index (χ3n) is 4.58. The van der Waals surface area contributed by atoms with Crippen molar-refractivity contribution in [3.8, 4) is 5.75 Å². The number of nitrogens with zero attached hydrogens (tertiary/aromatic N) is 1. The van der Waals surface area contributed by atoms with Gasteiger partial charge in [0, 0.05) is 6.54 Å². The smallest absolute Gasteiger partial charge is 0.338 e. The van der Waals surface area contributed by atoms with Crippen molar-refractivity contribution in [3.63, 3.8) is 0 Å². The fraction of sp³-hybridized carbons (Fsp3) is 0.381. The average Bonchev–Trinajstić information content (AvgIpc) is 2.69. The van der Waals surface area contributed by atoms with E-state index in [2.05, 4.69) is 4.90 Å². The zero-order chi connectivity index (χ0) is 18.2. The predicted octanol–water partition coefficient (Wildman–Crippen LogP) is 3.49. The largest absolute Gasteiger partial charge is 0.490 e. The summed E-state index contributed by atoms with van der Waals surface area (Å²) in [6.45, 7) is 3.94. The highest BCUT2D eigenvalue weighted by atomic mass is 16.5. The summed E-state index contributed by atoms with van der Waals surface area (Å²) in [7, 11) is 0. The number of rotatable bonds is 7. The summed E-state index contributed by atoms with van der Waals surface area (Å²) in [4.78, 5) is 14.7. The van der Waals surface area contributed by atoms with Crippen LogP contribution in [0.5, 0.6) is 5.75 Å². The van der Waals surface area contributed by atoms with Crippen molar-refractivity contribution in [1.82, 2.24) is 4.90 Å². The van der Waals surface area contributed by atoms with Crippen LogP contribution in [0, 0.1) is 0 Å². The molecule has 1 saturated heterocycles. The number of ether oxygens (including phenoxy) is 2. The van der Waals surface area contributed by atoms with Gasteiger partial charge in [0.2, 0.25) is 0 Å². The van der Waals surface area contributed by atoms with E-state index in [9.17, 15) is 4.79 Å². The number of hydrogen-bond donors (Lipinski definition) is 1. The first-order valence-corrected chi connectivity index (χ1v) is 9.18. The molecule has 138 valence electrons. The van der Waals surface area contributed by atoms with Gasteiger partial charge in [-0.15, -0.1) is 0 Å². The Morgan fingerprint density at radius 2 is 1.81 bits per heavy atom. The zero-order valence-electron chi connectivity index (χ0n) is 15.0. The second-order valence-electron chi connectivity index (χ2n) is 6.57. The molecule has 0 saturated carbocycles. The van der Waals surface area contributed by atoms with Crippen LogP contribution in [-0.2, 0) is 11.3 Å². The Balaban J connectivity index is 1.53. The fourth-order valence-electron chi connectivity index (χ4n) is 3.06.